The molecule has 0 aromatic heterocycles. The predicted octanol–water partition coefficient (Wildman–Crippen LogP) is 1.38. The van der Waals surface area contributed by atoms with Crippen LogP contribution in [0.25, 0.3) is 0 Å². The van der Waals surface area contributed by atoms with Gasteiger partial charge in [-0.15, -0.1) is 0 Å². The molecule has 1 N–H and O–H groups in total. The maximum absolute atomic E-state index is 5.17. The number of rotatable bonds is 2. The fraction of sp³-hybridized carbons (Fsp3) is 0.750. The zero-order valence-corrected chi connectivity index (χ0v) is 9.69. The van der Waals surface area contributed by atoms with Gasteiger partial charge in [-0.1, -0.05) is 0 Å². The molecule has 1 aliphatic rings. The minimum atomic E-state index is -1.18. The van der Waals surface area contributed by atoms with Crippen LogP contribution in [0.5, 0.6) is 0 Å². The molecule has 0 aliphatic carbocycles. The van der Waals surface area contributed by atoms with Crippen LogP contribution in [-0.2, 0) is 0 Å². The van der Waals surface area contributed by atoms with Crippen LogP contribution in [0.3, 0.4) is 0 Å². The van der Waals surface area contributed by atoms with Crippen molar-refractivity contribution in [1.29, 1.82) is 0 Å². The van der Waals surface area contributed by atoms with Crippen LogP contribution in [-0.4, -0.2) is 28.3 Å². The van der Waals surface area contributed by atoms with E-state index in [1.807, 2.05) is 0 Å². The number of hydrogen-bond acceptors (Lipinski definition) is 1. The van der Waals surface area contributed by atoms with E-state index in [4.69, 9.17) is 6.42 Å². The summed E-state index contributed by atoms with van der Waals surface area (Å²) in [5.74, 6) is 2.66. The van der Waals surface area contributed by atoms with E-state index in [2.05, 4.69) is 9.22 Å². The van der Waals surface area contributed by atoms with E-state index < -0.39 is 21.7 Å². The van der Waals surface area contributed by atoms with E-state index in [9.17, 15) is 0 Å². The van der Waals surface area contributed by atoms with Gasteiger partial charge in [-0.05, 0) is 0 Å². The summed E-state index contributed by atoms with van der Waals surface area (Å²) >= 11 is -1.18. The average Bonchev–Trinajstić information content (AvgIpc) is 2.03. The van der Waals surface area contributed by atoms with Gasteiger partial charge in [0.2, 0.25) is 0 Å². The number of terminal acetylenes is 1. The van der Waals surface area contributed by atoms with E-state index in [1.165, 1.54) is 27.6 Å². The van der Waals surface area contributed by atoms with Gasteiger partial charge in [-0.3, -0.25) is 0 Å². The molecule has 0 aromatic rings. The van der Waals surface area contributed by atoms with Crippen molar-refractivity contribution in [3.8, 4) is 12.3 Å². The van der Waals surface area contributed by atoms with Crippen molar-refractivity contribution in [1.82, 2.24) is 3.30 Å². The molecule has 0 bridgehead atoms. The van der Waals surface area contributed by atoms with Gasteiger partial charge in [0.1, 0.15) is 0 Å². The zero-order chi connectivity index (χ0) is 7.23. The fourth-order valence-corrected chi connectivity index (χ4v) is 9.12. The van der Waals surface area contributed by atoms with Crippen LogP contribution >= 0.6 is 0 Å². The minimum absolute atomic E-state index is 0.834. The molecule has 0 saturated carbocycles. The average molecular weight is 239 g/mol. The van der Waals surface area contributed by atoms with Gasteiger partial charge in [-0.25, -0.2) is 0 Å². The van der Waals surface area contributed by atoms with E-state index in [1.54, 1.807) is 0 Å². The molecule has 0 amide bonds. The molecule has 1 heterocycles. The normalized spacial score (nSPS) is 18.5. The molecule has 1 fully saturated rings. The first-order valence-electron chi connectivity index (χ1n) is 4.10. The Morgan fingerprint density at radius 1 is 1.30 bits per heavy atom. The molecule has 10 heavy (non-hydrogen) atoms. The Morgan fingerprint density at radius 2 is 2.00 bits per heavy atom. The first-order valence-corrected chi connectivity index (χ1v) is 10.4. The molecule has 1 nitrogen and oxygen atoms in total. The Bertz CT molecular complexity index is 122. The number of hydrogen-bond donors (Lipinski definition) is 1. The molecule has 2 heteroatoms. The summed E-state index contributed by atoms with van der Waals surface area (Å²) in [5.41, 5.74) is 0. The van der Waals surface area contributed by atoms with Crippen molar-refractivity contribution < 1.29 is 0 Å². The van der Waals surface area contributed by atoms with Gasteiger partial charge in [-0.2, -0.15) is 0 Å². The third-order valence-electron chi connectivity index (χ3n) is 2.10. The molecule has 1 rings (SSSR count). The Balaban J connectivity index is 2.09. The monoisotopic (exact) mass is 239 g/mol. The topological polar surface area (TPSA) is 12.0 Å². The molecule has 0 atom stereocenters. The van der Waals surface area contributed by atoms with Gasteiger partial charge in [0.05, 0.1) is 0 Å². The first-order chi connectivity index (χ1) is 4.93. The molecule has 54 valence electrons. The van der Waals surface area contributed by atoms with Crippen molar-refractivity contribution in [2.75, 3.05) is 6.54 Å². The van der Waals surface area contributed by atoms with Crippen LogP contribution in [0, 0.1) is 12.3 Å². The quantitative estimate of drug-likeness (QED) is 0.718. The van der Waals surface area contributed by atoms with Crippen LogP contribution < -0.4 is 3.30 Å². The molecule has 0 spiro atoms. The van der Waals surface area contributed by atoms with Crippen molar-refractivity contribution in [3.05, 3.63) is 0 Å². The second-order valence-electron chi connectivity index (χ2n) is 2.92. The SMILES string of the molecule is C#CC[NH][In]1[CH2]CCC[CH2]1. The third-order valence-corrected chi connectivity index (χ3v) is 10.6. The summed E-state index contributed by atoms with van der Waals surface area (Å²) in [6.07, 6.45) is 9.57. The van der Waals surface area contributed by atoms with Crippen molar-refractivity contribution >= 4 is 21.7 Å². The maximum atomic E-state index is 5.17. The summed E-state index contributed by atoms with van der Waals surface area (Å²) in [4.78, 5) is 0. The second-order valence-corrected chi connectivity index (χ2v) is 11.4. The Labute approximate surface area is 71.5 Å². The summed E-state index contributed by atoms with van der Waals surface area (Å²) in [7, 11) is 0. The molecule has 0 radical (unpaired) electrons. The van der Waals surface area contributed by atoms with E-state index in [0.29, 0.717) is 0 Å². The van der Waals surface area contributed by atoms with Gasteiger partial charge in [0, 0.05) is 0 Å². The summed E-state index contributed by atoms with van der Waals surface area (Å²) in [6, 6.07) is 0. The standard InChI is InChI=1S/C5H10.C3H4N.In/c1-3-5-4-2;1-2-3-4;/h1-5H2;1,4H,3H2;/q;-1;+1. The fourth-order valence-electron chi connectivity index (χ4n) is 1.51. The zero-order valence-electron chi connectivity index (χ0n) is 6.40. The number of nitrogens with one attached hydrogen (secondary N) is 1. The summed E-state index contributed by atoms with van der Waals surface area (Å²) in [5, 5.41) is 0. The van der Waals surface area contributed by atoms with E-state index >= 15 is 0 Å². The Morgan fingerprint density at radius 3 is 2.60 bits per heavy atom. The molecular weight excluding hydrogens is 225 g/mol. The molecule has 0 aromatic carbocycles. The van der Waals surface area contributed by atoms with Gasteiger partial charge in [0.25, 0.3) is 0 Å². The van der Waals surface area contributed by atoms with Crippen LogP contribution in [0.4, 0.5) is 0 Å². The van der Waals surface area contributed by atoms with Gasteiger partial charge < -0.3 is 0 Å². The predicted molar refractivity (Wildman–Crippen MR) is 46.1 cm³/mol. The van der Waals surface area contributed by atoms with Crippen molar-refractivity contribution in [2.24, 2.45) is 0 Å². The molecule has 1 saturated heterocycles. The van der Waals surface area contributed by atoms with E-state index in [-0.39, 0.29) is 0 Å². The van der Waals surface area contributed by atoms with Crippen molar-refractivity contribution in [2.45, 2.75) is 27.6 Å². The molecule has 0 unspecified atom stereocenters. The van der Waals surface area contributed by atoms with Crippen LogP contribution in [0.1, 0.15) is 19.3 Å². The van der Waals surface area contributed by atoms with Crippen LogP contribution in [0.2, 0.25) is 8.35 Å². The van der Waals surface area contributed by atoms with Gasteiger partial charge >= 0.3 is 71.5 Å². The Hall–Kier alpha value is 0.390. The van der Waals surface area contributed by atoms with Crippen molar-refractivity contribution in [3.63, 3.8) is 0 Å². The molecular formula is C8H14InN. The van der Waals surface area contributed by atoms with Gasteiger partial charge in [0.15, 0.2) is 0 Å². The third kappa shape index (κ3) is 2.98. The van der Waals surface area contributed by atoms with Crippen LogP contribution in [0.15, 0.2) is 0 Å². The summed E-state index contributed by atoms with van der Waals surface area (Å²) in [6.45, 7) is 0.834. The second kappa shape index (κ2) is 5.10. The van der Waals surface area contributed by atoms with E-state index in [0.717, 1.165) is 6.54 Å². The first kappa shape index (κ1) is 8.49. The summed E-state index contributed by atoms with van der Waals surface area (Å²) < 4.78 is 6.61. The molecule has 1 aliphatic heterocycles. The Kier molecular flexibility index (Phi) is 4.32.